The van der Waals surface area contributed by atoms with Crippen molar-refractivity contribution in [3.05, 3.63) is 71.3 Å². The van der Waals surface area contributed by atoms with Crippen LogP contribution in [-0.2, 0) is 10.0 Å². The van der Waals surface area contributed by atoms with Gasteiger partial charge in [-0.25, -0.2) is 17.5 Å². The number of rotatable bonds is 4. The average Bonchev–Trinajstić information content (AvgIpc) is 2.90. The summed E-state index contributed by atoms with van der Waals surface area (Å²) >= 11 is 0. The van der Waals surface area contributed by atoms with E-state index in [1.165, 1.54) is 35.0 Å². The number of hydrogen-bond acceptors (Lipinski definition) is 4. The quantitative estimate of drug-likeness (QED) is 0.763. The summed E-state index contributed by atoms with van der Waals surface area (Å²) in [6, 6.07) is 13.8. The van der Waals surface area contributed by atoms with E-state index < -0.39 is 10.0 Å². The average molecular weight is 370 g/mol. The van der Waals surface area contributed by atoms with Crippen LogP contribution in [0.5, 0.6) is 0 Å². The van der Waals surface area contributed by atoms with Crippen LogP contribution >= 0.6 is 0 Å². The molecule has 0 saturated carbocycles. The molecule has 2 aromatic carbocycles. The molecular weight excluding hydrogens is 355 g/mol. The summed E-state index contributed by atoms with van der Waals surface area (Å²) in [6.07, 6.45) is 0. The zero-order valence-electron chi connectivity index (χ0n) is 14.1. The number of nitriles is 1. The summed E-state index contributed by atoms with van der Waals surface area (Å²) < 4.78 is 42.7. The third kappa shape index (κ3) is 3.30. The molecule has 3 rings (SSSR count). The molecule has 6 nitrogen and oxygen atoms in total. The summed E-state index contributed by atoms with van der Waals surface area (Å²) in [7, 11) is -3.91. The van der Waals surface area contributed by atoms with Crippen LogP contribution in [-0.4, -0.2) is 18.2 Å². The standard InChI is InChI=1S/C18H15FN4O2S/c1-12-18(13(2)23(21-12)17-8-6-15(19)7-9-17)26(24,25)22-16-5-3-4-14(10-16)11-20/h3-10,22H,1-2H3. The largest absolute Gasteiger partial charge is 0.279 e. The van der Waals surface area contributed by atoms with E-state index in [0.717, 1.165) is 0 Å². The first kappa shape index (κ1) is 17.6. The van der Waals surface area contributed by atoms with Gasteiger partial charge < -0.3 is 0 Å². The lowest BCUT2D eigenvalue weighted by molar-refractivity contribution is 0.600. The Balaban J connectivity index is 2.03. The van der Waals surface area contributed by atoms with Gasteiger partial charge in [-0.1, -0.05) is 6.07 Å². The normalized spacial score (nSPS) is 11.2. The van der Waals surface area contributed by atoms with E-state index in [0.29, 0.717) is 22.6 Å². The Kier molecular flexibility index (Phi) is 4.49. The van der Waals surface area contributed by atoms with Gasteiger partial charge in [0.05, 0.1) is 34.4 Å². The number of anilines is 1. The molecule has 26 heavy (non-hydrogen) atoms. The van der Waals surface area contributed by atoms with E-state index in [2.05, 4.69) is 9.82 Å². The highest BCUT2D eigenvalue weighted by Crippen LogP contribution is 2.25. The molecule has 0 radical (unpaired) electrons. The maximum absolute atomic E-state index is 13.1. The Morgan fingerprint density at radius 1 is 1.15 bits per heavy atom. The van der Waals surface area contributed by atoms with E-state index in [1.54, 1.807) is 32.0 Å². The third-order valence-corrected chi connectivity index (χ3v) is 5.44. The first-order chi connectivity index (χ1) is 12.3. The van der Waals surface area contributed by atoms with Gasteiger partial charge in [0.15, 0.2) is 0 Å². The van der Waals surface area contributed by atoms with E-state index in [-0.39, 0.29) is 16.4 Å². The summed E-state index contributed by atoms with van der Waals surface area (Å²) in [4.78, 5) is 0.0455. The lowest BCUT2D eigenvalue weighted by Crippen LogP contribution is -2.15. The highest BCUT2D eigenvalue weighted by atomic mass is 32.2. The number of nitrogens with zero attached hydrogens (tertiary/aromatic N) is 3. The van der Waals surface area contributed by atoms with Crippen molar-refractivity contribution < 1.29 is 12.8 Å². The number of aromatic nitrogens is 2. The Labute approximate surface area is 150 Å². The minimum absolute atomic E-state index is 0.0455. The molecule has 1 N–H and O–H groups in total. The fourth-order valence-corrected chi connectivity index (χ4v) is 4.15. The molecule has 0 aliphatic heterocycles. The van der Waals surface area contributed by atoms with Gasteiger partial charge in [0, 0.05) is 0 Å². The van der Waals surface area contributed by atoms with Gasteiger partial charge >= 0.3 is 0 Å². The van der Waals surface area contributed by atoms with Crippen LogP contribution in [0.3, 0.4) is 0 Å². The summed E-state index contributed by atoms with van der Waals surface area (Å²) in [5.74, 6) is -0.387. The van der Waals surface area contributed by atoms with Crippen molar-refractivity contribution in [3.63, 3.8) is 0 Å². The highest BCUT2D eigenvalue weighted by Gasteiger charge is 2.25. The molecule has 0 aliphatic rings. The molecule has 0 aliphatic carbocycles. The number of aryl methyl sites for hydroxylation is 1. The van der Waals surface area contributed by atoms with Crippen LogP contribution in [0, 0.1) is 31.0 Å². The number of sulfonamides is 1. The number of benzene rings is 2. The van der Waals surface area contributed by atoms with Crippen molar-refractivity contribution in [2.75, 3.05) is 4.72 Å². The van der Waals surface area contributed by atoms with Crippen molar-refractivity contribution in [3.8, 4) is 11.8 Å². The second kappa shape index (κ2) is 6.61. The molecular formula is C18H15FN4O2S. The zero-order valence-corrected chi connectivity index (χ0v) is 14.9. The molecule has 8 heteroatoms. The lowest BCUT2D eigenvalue weighted by Gasteiger charge is -2.09. The van der Waals surface area contributed by atoms with Crippen molar-refractivity contribution >= 4 is 15.7 Å². The van der Waals surface area contributed by atoms with Gasteiger partial charge in [-0.2, -0.15) is 10.4 Å². The second-order valence-corrected chi connectivity index (χ2v) is 7.31. The molecule has 0 unspecified atom stereocenters. The van der Waals surface area contributed by atoms with E-state index in [1.807, 2.05) is 6.07 Å². The molecule has 0 bridgehead atoms. The Hall–Kier alpha value is -3.18. The maximum atomic E-state index is 13.1. The molecule has 3 aromatic rings. The number of halogens is 1. The molecule has 0 fully saturated rings. The van der Waals surface area contributed by atoms with Crippen LogP contribution in [0.25, 0.3) is 5.69 Å². The van der Waals surface area contributed by atoms with Crippen molar-refractivity contribution in [2.24, 2.45) is 0 Å². The van der Waals surface area contributed by atoms with Gasteiger partial charge in [-0.15, -0.1) is 0 Å². The smallest absolute Gasteiger partial charge is 0.265 e. The SMILES string of the molecule is Cc1nn(-c2ccc(F)cc2)c(C)c1S(=O)(=O)Nc1cccc(C#N)c1. The lowest BCUT2D eigenvalue weighted by atomic mass is 10.2. The second-order valence-electron chi connectivity index (χ2n) is 5.69. The third-order valence-electron chi connectivity index (χ3n) is 3.81. The predicted octanol–water partition coefficient (Wildman–Crippen LogP) is 3.30. The van der Waals surface area contributed by atoms with Crippen LogP contribution < -0.4 is 4.72 Å². The molecule has 0 amide bonds. The van der Waals surface area contributed by atoms with Gasteiger partial charge in [0.2, 0.25) is 0 Å². The molecule has 0 spiro atoms. The highest BCUT2D eigenvalue weighted by molar-refractivity contribution is 7.92. The zero-order chi connectivity index (χ0) is 18.9. The summed E-state index contributed by atoms with van der Waals surface area (Å²) in [5.41, 5.74) is 1.91. The van der Waals surface area contributed by atoms with Crippen molar-refractivity contribution in [1.82, 2.24) is 9.78 Å². The van der Waals surface area contributed by atoms with Crippen LogP contribution in [0.1, 0.15) is 17.0 Å². The van der Waals surface area contributed by atoms with E-state index in [9.17, 15) is 12.8 Å². The maximum Gasteiger partial charge on any atom is 0.265 e. The van der Waals surface area contributed by atoms with E-state index >= 15 is 0 Å². The molecule has 132 valence electrons. The first-order valence-electron chi connectivity index (χ1n) is 7.67. The monoisotopic (exact) mass is 370 g/mol. The van der Waals surface area contributed by atoms with Crippen LogP contribution in [0.15, 0.2) is 53.4 Å². The predicted molar refractivity (Wildman–Crippen MR) is 95.0 cm³/mol. The van der Waals surface area contributed by atoms with Gasteiger partial charge in [0.1, 0.15) is 10.7 Å². The fraction of sp³-hybridized carbons (Fsp3) is 0.111. The van der Waals surface area contributed by atoms with Crippen LogP contribution in [0.4, 0.5) is 10.1 Å². The van der Waals surface area contributed by atoms with E-state index in [4.69, 9.17) is 5.26 Å². The number of nitrogens with one attached hydrogen (secondary N) is 1. The molecule has 0 saturated heterocycles. The fourth-order valence-electron chi connectivity index (χ4n) is 2.71. The van der Waals surface area contributed by atoms with Crippen LogP contribution in [0.2, 0.25) is 0 Å². The number of hydrogen-bond donors (Lipinski definition) is 1. The van der Waals surface area contributed by atoms with Gasteiger partial charge in [-0.05, 0) is 56.3 Å². The van der Waals surface area contributed by atoms with Crippen molar-refractivity contribution in [2.45, 2.75) is 18.7 Å². The van der Waals surface area contributed by atoms with Crippen molar-refractivity contribution in [1.29, 1.82) is 5.26 Å². The molecule has 1 heterocycles. The Morgan fingerprint density at radius 2 is 1.85 bits per heavy atom. The summed E-state index contributed by atoms with van der Waals surface area (Å²) in [5, 5.41) is 13.2. The summed E-state index contributed by atoms with van der Waals surface area (Å²) in [6.45, 7) is 3.22. The Bertz CT molecular complexity index is 1110. The van der Waals surface area contributed by atoms with Gasteiger partial charge in [0.25, 0.3) is 10.0 Å². The molecule has 1 aromatic heterocycles. The molecule has 0 atom stereocenters. The minimum atomic E-state index is -3.91. The topological polar surface area (TPSA) is 87.8 Å². The first-order valence-corrected chi connectivity index (χ1v) is 9.15. The van der Waals surface area contributed by atoms with Gasteiger partial charge in [-0.3, -0.25) is 4.72 Å². The minimum Gasteiger partial charge on any atom is -0.279 e. The Morgan fingerprint density at radius 3 is 2.50 bits per heavy atom.